The Morgan fingerprint density at radius 1 is 1.80 bits per heavy atom. The first-order valence-electron chi connectivity index (χ1n) is 2.87. The number of oxazole rings is 1. The average Bonchev–Trinajstić information content (AvgIpc) is 2.30. The zero-order valence-electron chi connectivity index (χ0n) is 5.47. The predicted molar refractivity (Wildman–Crippen MR) is 35.0 cm³/mol. The van der Waals surface area contributed by atoms with Crippen molar-refractivity contribution in [1.82, 2.24) is 4.98 Å². The van der Waals surface area contributed by atoms with Gasteiger partial charge in [0.1, 0.15) is 0 Å². The molecular weight excluding hydrogens is 132 g/mol. The quantitative estimate of drug-likeness (QED) is 0.590. The molecule has 4 heteroatoms. The van der Waals surface area contributed by atoms with E-state index < -0.39 is 5.76 Å². The first-order chi connectivity index (χ1) is 4.77. The summed E-state index contributed by atoms with van der Waals surface area (Å²) in [5, 5.41) is 0. The molecule has 0 unspecified atom stereocenters. The fourth-order valence-corrected chi connectivity index (χ4v) is 0.682. The van der Waals surface area contributed by atoms with Crippen molar-refractivity contribution in [2.75, 3.05) is 0 Å². The van der Waals surface area contributed by atoms with E-state index in [1.54, 1.807) is 0 Å². The summed E-state index contributed by atoms with van der Waals surface area (Å²) in [6, 6.07) is 0. The Morgan fingerprint density at radius 2 is 2.50 bits per heavy atom. The van der Waals surface area contributed by atoms with Gasteiger partial charge in [0.05, 0.1) is 12.3 Å². The number of hydrogen-bond acceptors (Lipinski definition) is 2. The van der Waals surface area contributed by atoms with Gasteiger partial charge in [0.2, 0.25) is 0 Å². The summed E-state index contributed by atoms with van der Waals surface area (Å²) in [4.78, 5) is 15.9. The molecule has 0 saturated carbocycles. The standard InChI is InChI=1S/C6H6N2O2/c1-3-4-5(7-2)10-6(9)8-4/h3H2,1H3,(H,8,9). The maximum atomic E-state index is 10.5. The maximum absolute atomic E-state index is 10.5. The van der Waals surface area contributed by atoms with Gasteiger partial charge in [0, 0.05) is 0 Å². The van der Waals surface area contributed by atoms with Gasteiger partial charge >= 0.3 is 11.6 Å². The lowest BCUT2D eigenvalue weighted by molar-refractivity contribution is 0.536. The summed E-state index contributed by atoms with van der Waals surface area (Å²) < 4.78 is 4.49. The zero-order chi connectivity index (χ0) is 7.56. The zero-order valence-corrected chi connectivity index (χ0v) is 5.47. The minimum atomic E-state index is -0.553. The molecule has 0 aromatic carbocycles. The molecule has 0 saturated heterocycles. The second-order valence-electron chi connectivity index (χ2n) is 1.76. The van der Waals surface area contributed by atoms with Gasteiger partial charge in [-0.2, -0.15) is 4.85 Å². The molecule has 1 aromatic rings. The van der Waals surface area contributed by atoms with Gasteiger partial charge in [-0.3, -0.25) is 0 Å². The Morgan fingerprint density at radius 3 is 2.90 bits per heavy atom. The van der Waals surface area contributed by atoms with Crippen LogP contribution in [0.1, 0.15) is 12.6 Å². The van der Waals surface area contributed by atoms with E-state index in [2.05, 4.69) is 14.2 Å². The van der Waals surface area contributed by atoms with Crippen LogP contribution in [-0.2, 0) is 6.42 Å². The average molecular weight is 138 g/mol. The van der Waals surface area contributed by atoms with E-state index in [-0.39, 0.29) is 5.88 Å². The van der Waals surface area contributed by atoms with Crippen LogP contribution in [0.5, 0.6) is 0 Å². The molecule has 0 aliphatic heterocycles. The van der Waals surface area contributed by atoms with Crippen molar-refractivity contribution in [1.29, 1.82) is 0 Å². The first kappa shape index (κ1) is 6.62. The van der Waals surface area contributed by atoms with E-state index >= 15 is 0 Å². The van der Waals surface area contributed by atoms with E-state index in [1.807, 2.05) is 6.92 Å². The van der Waals surface area contributed by atoms with E-state index in [0.717, 1.165) is 0 Å². The minimum Gasteiger partial charge on any atom is -0.434 e. The summed E-state index contributed by atoms with van der Waals surface area (Å²) in [6.45, 7) is 8.42. The highest BCUT2D eigenvalue weighted by atomic mass is 16.4. The molecule has 10 heavy (non-hydrogen) atoms. The first-order valence-corrected chi connectivity index (χ1v) is 2.87. The van der Waals surface area contributed by atoms with Gasteiger partial charge in [0.15, 0.2) is 0 Å². The topological polar surface area (TPSA) is 50.4 Å². The van der Waals surface area contributed by atoms with Crippen LogP contribution in [0.2, 0.25) is 0 Å². The normalized spacial score (nSPS) is 9.20. The summed E-state index contributed by atoms with van der Waals surface area (Å²) in [7, 11) is 0. The van der Waals surface area contributed by atoms with Crippen LogP contribution in [0, 0.1) is 6.57 Å². The molecule has 0 atom stereocenters. The summed E-state index contributed by atoms with van der Waals surface area (Å²) in [6.07, 6.45) is 0.615. The molecule has 0 bridgehead atoms. The van der Waals surface area contributed by atoms with Crippen molar-refractivity contribution in [2.24, 2.45) is 0 Å². The molecular formula is C6H6N2O2. The monoisotopic (exact) mass is 138 g/mol. The van der Waals surface area contributed by atoms with Gasteiger partial charge in [0.25, 0.3) is 0 Å². The van der Waals surface area contributed by atoms with Crippen molar-refractivity contribution in [3.63, 3.8) is 0 Å². The van der Waals surface area contributed by atoms with Gasteiger partial charge < -0.3 is 9.40 Å². The molecule has 0 aliphatic carbocycles. The molecule has 0 aliphatic rings. The number of H-pyrrole nitrogens is 1. The van der Waals surface area contributed by atoms with Crippen molar-refractivity contribution >= 4 is 5.88 Å². The highest BCUT2D eigenvalue weighted by Crippen LogP contribution is 2.13. The van der Waals surface area contributed by atoms with Crippen LogP contribution in [0.4, 0.5) is 5.88 Å². The fraction of sp³-hybridized carbons (Fsp3) is 0.333. The number of aryl methyl sites for hydroxylation is 1. The number of hydrogen-bond donors (Lipinski definition) is 1. The second-order valence-corrected chi connectivity index (χ2v) is 1.76. The number of aromatic nitrogens is 1. The third kappa shape index (κ3) is 0.935. The summed E-state index contributed by atoms with van der Waals surface area (Å²) in [5.74, 6) is -0.477. The van der Waals surface area contributed by atoms with Gasteiger partial charge in [-0.1, -0.05) is 6.92 Å². The van der Waals surface area contributed by atoms with Crippen LogP contribution in [0.25, 0.3) is 4.85 Å². The molecule has 1 heterocycles. The lowest BCUT2D eigenvalue weighted by Crippen LogP contribution is -1.95. The highest BCUT2D eigenvalue weighted by Gasteiger charge is 2.05. The fourth-order valence-electron chi connectivity index (χ4n) is 0.682. The lowest BCUT2D eigenvalue weighted by atomic mass is 10.3. The molecule has 0 fully saturated rings. The van der Waals surface area contributed by atoms with Crippen LogP contribution < -0.4 is 5.76 Å². The number of rotatable bonds is 1. The van der Waals surface area contributed by atoms with Crippen LogP contribution >= 0.6 is 0 Å². The van der Waals surface area contributed by atoms with E-state index in [0.29, 0.717) is 12.1 Å². The third-order valence-electron chi connectivity index (χ3n) is 1.16. The summed E-state index contributed by atoms with van der Waals surface area (Å²) in [5.41, 5.74) is 0.569. The van der Waals surface area contributed by atoms with E-state index in [4.69, 9.17) is 6.57 Å². The largest absolute Gasteiger partial charge is 0.434 e. The Hall–Kier alpha value is -1.50. The summed E-state index contributed by atoms with van der Waals surface area (Å²) >= 11 is 0. The van der Waals surface area contributed by atoms with E-state index in [1.165, 1.54) is 0 Å². The Bertz CT molecular complexity index is 315. The molecule has 1 aromatic heterocycles. The molecule has 52 valence electrons. The molecule has 0 spiro atoms. The molecule has 0 amide bonds. The molecule has 4 nitrogen and oxygen atoms in total. The molecule has 0 radical (unpaired) electrons. The number of aromatic amines is 1. The van der Waals surface area contributed by atoms with Crippen LogP contribution in [0.15, 0.2) is 9.21 Å². The van der Waals surface area contributed by atoms with Crippen LogP contribution in [0.3, 0.4) is 0 Å². The second kappa shape index (κ2) is 2.40. The molecule has 1 rings (SSSR count). The Labute approximate surface area is 57.3 Å². The SMILES string of the molecule is [C-]#[N+]c1oc(=O)[nH]c1CC. The third-order valence-corrected chi connectivity index (χ3v) is 1.16. The number of nitrogens with zero attached hydrogens (tertiary/aromatic N) is 1. The smallest absolute Gasteiger partial charge is 0.403 e. The Kier molecular flexibility index (Phi) is 1.59. The van der Waals surface area contributed by atoms with Crippen molar-refractivity contribution < 1.29 is 4.42 Å². The number of nitrogens with one attached hydrogen (secondary N) is 1. The van der Waals surface area contributed by atoms with Crippen molar-refractivity contribution in [2.45, 2.75) is 13.3 Å². The van der Waals surface area contributed by atoms with Crippen molar-refractivity contribution in [3.8, 4) is 0 Å². The lowest BCUT2D eigenvalue weighted by Gasteiger charge is -1.83. The predicted octanol–water partition coefficient (Wildman–Crippen LogP) is 1.08. The van der Waals surface area contributed by atoms with Crippen molar-refractivity contribution in [3.05, 3.63) is 27.7 Å². The van der Waals surface area contributed by atoms with Gasteiger partial charge in [-0.15, -0.1) is 0 Å². The molecule has 1 N–H and O–H groups in total. The van der Waals surface area contributed by atoms with Gasteiger partial charge in [-0.25, -0.2) is 4.79 Å². The van der Waals surface area contributed by atoms with Crippen LogP contribution in [-0.4, -0.2) is 4.98 Å². The van der Waals surface area contributed by atoms with E-state index in [9.17, 15) is 4.79 Å². The maximum Gasteiger partial charge on any atom is 0.403 e. The Balaban J connectivity index is 3.25. The van der Waals surface area contributed by atoms with Gasteiger partial charge in [-0.05, 0) is 6.42 Å². The minimum absolute atomic E-state index is 0.0764. The highest BCUT2D eigenvalue weighted by molar-refractivity contribution is 5.36.